The number of allylic oxidation sites excluding steroid dienone is 4. The molecule has 2 heteroatoms. The van der Waals surface area contributed by atoms with Crippen LogP contribution in [-0.4, -0.2) is 15.0 Å². The van der Waals surface area contributed by atoms with E-state index in [4.69, 9.17) is 0 Å². The second-order valence-electron chi connectivity index (χ2n) is 7.50. The van der Waals surface area contributed by atoms with Gasteiger partial charge < -0.3 is 5.32 Å². The van der Waals surface area contributed by atoms with E-state index in [0.717, 1.165) is 12.6 Å². The maximum absolute atomic E-state index is 3.69. The zero-order chi connectivity index (χ0) is 17.0. The van der Waals surface area contributed by atoms with Crippen LogP contribution >= 0.6 is 0 Å². The lowest BCUT2D eigenvalue weighted by atomic mass is 9.86. The van der Waals surface area contributed by atoms with Crippen LogP contribution in [0.2, 0.25) is 0 Å². The van der Waals surface area contributed by atoms with Crippen molar-refractivity contribution < 1.29 is 0 Å². The van der Waals surface area contributed by atoms with E-state index in [9.17, 15) is 0 Å². The maximum atomic E-state index is 3.69. The highest BCUT2D eigenvalue weighted by Gasteiger charge is 2.28. The molecular formula is C22H27NSi. The Morgan fingerprint density at radius 3 is 2.17 bits per heavy atom. The second-order valence-corrected chi connectivity index (χ2v) is 10.3. The van der Waals surface area contributed by atoms with Gasteiger partial charge in [0.25, 0.3) is 0 Å². The minimum atomic E-state index is -1.29. The van der Waals surface area contributed by atoms with Gasteiger partial charge in [0.05, 0.1) is 0 Å². The van der Waals surface area contributed by atoms with Gasteiger partial charge >= 0.3 is 0 Å². The van der Waals surface area contributed by atoms with Gasteiger partial charge in [-0.15, -0.1) is 0 Å². The van der Waals surface area contributed by atoms with Crippen LogP contribution in [0.15, 0.2) is 83.6 Å². The third-order valence-electron chi connectivity index (χ3n) is 4.73. The third-order valence-corrected chi connectivity index (χ3v) is 7.83. The summed E-state index contributed by atoms with van der Waals surface area (Å²) in [5, 5.41) is 6.83. The average molecular weight is 334 g/mol. The van der Waals surface area contributed by atoms with E-state index in [1.54, 1.807) is 10.8 Å². The molecule has 2 aromatic rings. The summed E-state index contributed by atoms with van der Waals surface area (Å²) in [6.45, 7) is 7.03. The highest BCUT2D eigenvalue weighted by atomic mass is 28.3. The molecule has 0 aromatic heterocycles. The predicted octanol–water partition coefficient (Wildman–Crippen LogP) is 4.61. The molecule has 0 radical (unpaired) electrons. The van der Waals surface area contributed by atoms with Crippen molar-refractivity contribution in [2.75, 3.05) is 11.5 Å². The Labute approximate surface area is 147 Å². The first-order chi connectivity index (χ1) is 11.6. The van der Waals surface area contributed by atoms with E-state index in [1.807, 2.05) is 0 Å². The summed E-state index contributed by atoms with van der Waals surface area (Å²) in [5.41, 5.74) is 3.08. The van der Waals surface area contributed by atoms with Crippen LogP contribution in [0.4, 0.5) is 5.69 Å². The first-order valence-corrected chi connectivity index (χ1v) is 10.8. The normalized spacial score (nSPS) is 15.6. The van der Waals surface area contributed by atoms with Gasteiger partial charge in [-0.2, -0.15) is 0 Å². The smallest absolute Gasteiger partial charge is 0.122 e. The summed E-state index contributed by atoms with van der Waals surface area (Å²) >= 11 is 0. The van der Waals surface area contributed by atoms with Gasteiger partial charge in [0.15, 0.2) is 0 Å². The minimum Gasteiger partial charge on any atom is -0.388 e. The lowest BCUT2D eigenvalue weighted by molar-refractivity contribution is 0.495. The van der Waals surface area contributed by atoms with Crippen molar-refractivity contribution in [3.63, 3.8) is 0 Å². The molecule has 1 atom stereocenters. The summed E-state index contributed by atoms with van der Waals surface area (Å²) in [7, 11) is -1.29. The summed E-state index contributed by atoms with van der Waals surface area (Å²) in [5.74, 6) is 0. The fourth-order valence-corrected chi connectivity index (χ4v) is 6.74. The van der Waals surface area contributed by atoms with Gasteiger partial charge in [-0.25, -0.2) is 0 Å². The SMILES string of the molecule is CC(C)(C)C1=C([SiH](CNc2ccccc2)c2ccccc2)C=CC1. The standard InChI is InChI=1S/C22H27NSi/c1-22(2,3)20-15-10-16-21(20)24(19-13-8-5-9-14-19)17-23-18-11-6-4-7-12-18/h4-14,16,23-24H,15,17H2,1-3H3. The number of hydrogen-bond donors (Lipinski definition) is 1. The molecule has 0 saturated heterocycles. The average Bonchev–Trinajstić information content (AvgIpc) is 3.07. The maximum Gasteiger partial charge on any atom is 0.122 e. The van der Waals surface area contributed by atoms with E-state index in [0.29, 0.717) is 0 Å². The Balaban J connectivity index is 1.92. The van der Waals surface area contributed by atoms with E-state index in [1.165, 1.54) is 10.9 Å². The quantitative estimate of drug-likeness (QED) is 0.788. The largest absolute Gasteiger partial charge is 0.388 e. The van der Waals surface area contributed by atoms with E-state index in [-0.39, 0.29) is 5.41 Å². The van der Waals surface area contributed by atoms with Gasteiger partial charge in [-0.1, -0.05) is 97.4 Å². The molecule has 3 rings (SSSR count). The number of rotatable bonds is 5. The van der Waals surface area contributed by atoms with Crippen LogP contribution in [-0.2, 0) is 0 Å². The molecular weight excluding hydrogens is 306 g/mol. The monoisotopic (exact) mass is 333 g/mol. The van der Waals surface area contributed by atoms with Crippen molar-refractivity contribution in [1.29, 1.82) is 0 Å². The highest BCUT2D eigenvalue weighted by molar-refractivity contribution is 6.81. The Hall–Kier alpha value is -2.06. The molecule has 0 heterocycles. The zero-order valence-corrected chi connectivity index (χ0v) is 16.1. The number of nitrogens with one attached hydrogen (secondary N) is 1. The zero-order valence-electron chi connectivity index (χ0n) is 14.9. The predicted molar refractivity (Wildman–Crippen MR) is 108 cm³/mol. The molecule has 0 amide bonds. The molecule has 1 N–H and O–H groups in total. The van der Waals surface area contributed by atoms with Gasteiger partial charge in [-0.05, 0) is 24.0 Å². The Bertz CT molecular complexity index is 724. The third kappa shape index (κ3) is 3.88. The molecule has 24 heavy (non-hydrogen) atoms. The highest BCUT2D eigenvalue weighted by Crippen LogP contribution is 2.36. The van der Waals surface area contributed by atoms with Crippen molar-refractivity contribution in [3.8, 4) is 0 Å². The van der Waals surface area contributed by atoms with Gasteiger partial charge in [0, 0.05) is 11.9 Å². The van der Waals surface area contributed by atoms with Crippen LogP contribution in [0, 0.1) is 5.41 Å². The number of benzene rings is 2. The Morgan fingerprint density at radius 2 is 1.54 bits per heavy atom. The first kappa shape index (κ1) is 16.8. The van der Waals surface area contributed by atoms with Gasteiger partial charge in [0.2, 0.25) is 0 Å². The minimum absolute atomic E-state index is 0.242. The van der Waals surface area contributed by atoms with Crippen molar-refractivity contribution in [2.24, 2.45) is 5.41 Å². The van der Waals surface area contributed by atoms with Crippen molar-refractivity contribution in [2.45, 2.75) is 27.2 Å². The van der Waals surface area contributed by atoms with E-state index >= 15 is 0 Å². The van der Waals surface area contributed by atoms with Crippen molar-refractivity contribution >= 4 is 19.7 Å². The Morgan fingerprint density at radius 1 is 0.917 bits per heavy atom. The molecule has 0 spiro atoms. The summed E-state index contributed by atoms with van der Waals surface area (Å²) < 4.78 is 0. The molecule has 1 aliphatic carbocycles. The molecule has 1 unspecified atom stereocenters. The lowest BCUT2D eigenvalue weighted by Crippen LogP contribution is -2.40. The first-order valence-electron chi connectivity index (χ1n) is 8.79. The molecule has 0 fully saturated rings. The Kier molecular flexibility index (Phi) is 5.05. The van der Waals surface area contributed by atoms with Gasteiger partial charge in [-0.3, -0.25) is 0 Å². The number of anilines is 1. The molecule has 0 bridgehead atoms. The van der Waals surface area contributed by atoms with Crippen LogP contribution in [0.25, 0.3) is 0 Å². The molecule has 2 aromatic carbocycles. The summed E-state index contributed by atoms with van der Waals surface area (Å²) in [4.78, 5) is 0. The van der Waals surface area contributed by atoms with Crippen LogP contribution in [0.3, 0.4) is 0 Å². The van der Waals surface area contributed by atoms with E-state index in [2.05, 4.69) is 98.9 Å². The molecule has 0 saturated carbocycles. The summed E-state index contributed by atoms with van der Waals surface area (Å²) in [6.07, 6.45) is 6.91. The number of hydrogen-bond acceptors (Lipinski definition) is 1. The topological polar surface area (TPSA) is 12.0 Å². The summed E-state index contributed by atoms with van der Waals surface area (Å²) in [6, 6.07) is 21.6. The molecule has 124 valence electrons. The van der Waals surface area contributed by atoms with Crippen molar-refractivity contribution in [1.82, 2.24) is 0 Å². The molecule has 1 nitrogen and oxygen atoms in total. The fourth-order valence-electron chi connectivity index (χ4n) is 3.46. The lowest BCUT2D eigenvalue weighted by Gasteiger charge is -2.27. The van der Waals surface area contributed by atoms with Crippen LogP contribution in [0.5, 0.6) is 0 Å². The van der Waals surface area contributed by atoms with Crippen LogP contribution in [0.1, 0.15) is 27.2 Å². The van der Waals surface area contributed by atoms with Crippen LogP contribution < -0.4 is 10.5 Å². The van der Waals surface area contributed by atoms with Gasteiger partial charge in [0.1, 0.15) is 8.80 Å². The van der Waals surface area contributed by atoms with E-state index < -0.39 is 8.80 Å². The number of para-hydroxylation sites is 1. The fraction of sp³-hybridized carbons (Fsp3) is 0.273. The second kappa shape index (κ2) is 7.23. The molecule has 0 aliphatic heterocycles. The molecule has 1 aliphatic rings. The van der Waals surface area contributed by atoms with Crippen molar-refractivity contribution in [3.05, 3.63) is 83.6 Å².